The predicted octanol–water partition coefficient (Wildman–Crippen LogP) is 3.87. The van der Waals surface area contributed by atoms with E-state index >= 15 is 0 Å². The number of rotatable bonds is 4. The largest absolute Gasteiger partial charge is 0.348 e. The Kier molecular flexibility index (Phi) is 4.65. The van der Waals surface area contributed by atoms with Crippen molar-refractivity contribution in [2.24, 2.45) is 0 Å². The van der Waals surface area contributed by atoms with Crippen LogP contribution in [0.4, 0.5) is 4.39 Å². The lowest BCUT2D eigenvalue weighted by molar-refractivity contribution is 0.0949. The number of hydrogen-bond acceptors (Lipinski definition) is 2. The van der Waals surface area contributed by atoms with Gasteiger partial charge in [-0.1, -0.05) is 24.3 Å². The molecule has 0 aliphatic rings. The van der Waals surface area contributed by atoms with Crippen molar-refractivity contribution in [2.75, 3.05) is 0 Å². The Hall–Kier alpha value is -2.95. The van der Waals surface area contributed by atoms with Gasteiger partial charge in [-0.15, -0.1) is 0 Å². The van der Waals surface area contributed by atoms with Crippen molar-refractivity contribution in [1.82, 2.24) is 15.1 Å². The van der Waals surface area contributed by atoms with Crippen LogP contribution in [0.2, 0.25) is 0 Å². The molecule has 4 nitrogen and oxygen atoms in total. The van der Waals surface area contributed by atoms with Crippen molar-refractivity contribution >= 4 is 5.91 Å². The van der Waals surface area contributed by atoms with Crippen LogP contribution in [-0.2, 0) is 6.54 Å². The molecule has 0 aliphatic heterocycles. The van der Waals surface area contributed by atoms with Gasteiger partial charge in [-0.2, -0.15) is 5.10 Å². The molecule has 5 heteroatoms. The number of benzene rings is 2. The quantitative estimate of drug-likeness (QED) is 0.786. The maximum Gasteiger partial charge on any atom is 0.255 e. The molecule has 1 heterocycles. The van der Waals surface area contributed by atoms with Gasteiger partial charge in [-0.05, 0) is 56.2 Å². The third kappa shape index (κ3) is 3.45. The van der Waals surface area contributed by atoms with E-state index in [9.17, 15) is 9.18 Å². The van der Waals surface area contributed by atoms with Crippen LogP contribution >= 0.6 is 0 Å². The summed E-state index contributed by atoms with van der Waals surface area (Å²) in [5, 5.41) is 7.40. The maximum atomic E-state index is 13.1. The second-order valence-corrected chi connectivity index (χ2v) is 6.04. The van der Waals surface area contributed by atoms with Crippen LogP contribution < -0.4 is 5.32 Å². The normalized spacial score (nSPS) is 10.7. The molecule has 0 bridgehead atoms. The minimum Gasteiger partial charge on any atom is -0.348 e. The first-order chi connectivity index (χ1) is 12.0. The average Bonchev–Trinajstić information content (AvgIpc) is 2.89. The average molecular weight is 337 g/mol. The monoisotopic (exact) mass is 337 g/mol. The van der Waals surface area contributed by atoms with Crippen LogP contribution in [-0.4, -0.2) is 15.7 Å². The van der Waals surface area contributed by atoms with E-state index in [1.165, 1.54) is 12.1 Å². The van der Waals surface area contributed by atoms with Crippen molar-refractivity contribution in [2.45, 2.75) is 27.3 Å². The molecule has 128 valence electrons. The number of amides is 1. The SMILES string of the molecule is Cc1ccccc1CNC(=O)c1c(C)nn(-c2ccc(F)cc2)c1C. The Morgan fingerprint density at radius 3 is 2.44 bits per heavy atom. The fourth-order valence-corrected chi connectivity index (χ4v) is 2.88. The van der Waals surface area contributed by atoms with E-state index in [0.29, 0.717) is 17.8 Å². The van der Waals surface area contributed by atoms with E-state index in [0.717, 1.165) is 22.5 Å². The fraction of sp³-hybridized carbons (Fsp3) is 0.200. The Bertz CT molecular complexity index is 913. The van der Waals surface area contributed by atoms with Crippen molar-refractivity contribution in [3.63, 3.8) is 0 Å². The summed E-state index contributed by atoms with van der Waals surface area (Å²) < 4.78 is 14.8. The van der Waals surface area contributed by atoms with Crippen molar-refractivity contribution in [1.29, 1.82) is 0 Å². The van der Waals surface area contributed by atoms with E-state index < -0.39 is 0 Å². The zero-order valence-electron chi connectivity index (χ0n) is 14.5. The van der Waals surface area contributed by atoms with Gasteiger partial charge < -0.3 is 5.32 Å². The van der Waals surface area contributed by atoms with Gasteiger partial charge in [-0.3, -0.25) is 4.79 Å². The predicted molar refractivity (Wildman–Crippen MR) is 95.3 cm³/mol. The number of nitrogens with zero attached hydrogens (tertiary/aromatic N) is 2. The zero-order chi connectivity index (χ0) is 18.0. The van der Waals surface area contributed by atoms with Crippen molar-refractivity contribution in [3.8, 4) is 5.69 Å². The number of aromatic nitrogens is 2. The van der Waals surface area contributed by atoms with Crippen LogP contribution in [0, 0.1) is 26.6 Å². The fourth-order valence-electron chi connectivity index (χ4n) is 2.88. The first-order valence-electron chi connectivity index (χ1n) is 8.12. The molecule has 0 atom stereocenters. The van der Waals surface area contributed by atoms with Gasteiger partial charge in [0.1, 0.15) is 5.82 Å². The summed E-state index contributed by atoms with van der Waals surface area (Å²) in [6.45, 7) is 6.12. The summed E-state index contributed by atoms with van der Waals surface area (Å²) in [5.74, 6) is -0.465. The van der Waals surface area contributed by atoms with Crippen molar-refractivity contribution in [3.05, 3.63) is 82.4 Å². The van der Waals surface area contributed by atoms with Gasteiger partial charge in [-0.25, -0.2) is 9.07 Å². The Balaban J connectivity index is 1.84. The molecule has 1 aromatic heterocycles. The van der Waals surface area contributed by atoms with E-state index in [1.807, 2.05) is 38.1 Å². The van der Waals surface area contributed by atoms with E-state index in [1.54, 1.807) is 23.7 Å². The summed E-state index contributed by atoms with van der Waals surface area (Å²) in [6, 6.07) is 14.0. The maximum absolute atomic E-state index is 13.1. The van der Waals surface area contributed by atoms with Crippen LogP contribution in [0.5, 0.6) is 0 Å². The second kappa shape index (κ2) is 6.89. The number of hydrogen-bond donors (Lipinski definition) is 1. The smallest absolute Gasteiger partial charge is 0.255 e. The topological polar surface area (TPSA) is 46.9 Å². The van der Waals surface area contributed by atoms with Crippen molar-refractivity contribution < 1.29 is 9.18 Å². The molecule has 0 saturated carbocycles. The van der Waals surface area contributed by atoms with Gasteiger partial charge in [0.2, 0.25) is 0 Å². The molecule has 3 aromatic rings. The molecule has 0 saturated heterocycles. The Morgan fingerprint density at radius 2 is 1.76 bits per heavy atom. The second-order valence-electron chi connectivity index (χ2n) is 6.04. The third-order valence-electron chi connectivity index (χ3n) is 4.29. The molecule has 0 aliphatic carbocycles. The molecule has 25 heavy (non-hydrogen) atoms. The first kappa shape index (κ1) is 16.9. The first-order valence-corrected chi connectivity index (χ1v) is 8.12. The van der Waals surface area contributed by atoms with Gasteiger partial charge in [0.15, 0.2) is 0 Å². The standard InChI is InChI=1S/C20H20FN3O/c1-13-6-4-5-7-16(13)12-22-20(25)19-14(2)23-24(15(19)3)18-10-8-17(21)9-11-18/h4-11H,12H2,1-3H3,(H,22,25). The number of nitrogens with one attached hydrogen (secondary N) is 1. The molecule has 0 spiro atoms. The molecule has 0 radical (unpaired) electrons. The molecule has 0 unspecified atom stereocenters. The van der Waals surface area contributed by atoms with Gasteiger partial charge in [0, 0.05) is 6.54 Å². The number of carbonyl (C=O) groups is 1. The van der Waals surface area contributed by atoms with E-state index in [4.69, 9.17) is 0 Å². The van der Waals surface area contributed by atoms with Crippen LogP contribution in [0.25, 0.3) is 5.69 Å². The van der Waals surface area contributed by atoms with Gasteiger partial charge in [0.05, 0.1) is 22.6 Å². The Morgan fingerprint density at radius 1 is 1.08 bits per heavy atom. The summed E-state index contributed by atoms with van der Waals surface area (Å²) >= 11 is 0. The van der Waals surface area contributed by atoms with E-state index in [-0.39, 0.29) is 11.7 Å². The third-order valence-corrected chi connectivity index (χ3v) is 4.29. The highest BCUT2D eigenvalue weighted by molar-refractivity contribution is 5.96. The number of carbonyl (C=O) groups excluding carboxylic acids is 1. The summed E-state index contributed by atoms with van der Waals surface area (Å²) in [7, 11) is 0. The number of halogens is 1. The van der Waals surface area contributed by atoms with E-state index in [2.05, 4.69) is 10.4 Å². The molecule has 3 rings (SSSR count). The van der Waals surface area contributed by atoms with Crippen LogP contribution in [0.3, 0.4) is 0 Å². The molecular weight excluding hydrogens is 317 g/mol. The van der Waals surface area contributed by atoms with Gasteiger partial charge >= 0.3 is 0 Å². The summed E-state index contributed by atoms with van der Waals surface area (Å²) in [5.41, 5.74) is 4.86. The highest BCUT2D eigenvalue weighted by Crippen LogP contribution is 2.18. The lowest BCUT2D eigenvalue weighted by Gasteiger charge is -2.09. The van der Waals surface area contributed by atoms with Crippen LogP contribution in [0.1, 0.15) is 32.9 Å². The van der Waals surface area contributed by atoms with Crippen LogP contribution in [0.15, 0.2) is 48.5 Å². The molecule has 2 aromatic carbocycles. The summed E-state index contributed by atoms with van der Waals surface area (Å²) in [6.07, 6.45) is 0. The Labute approximate surface area is 146 Å². The molecule has 1 amide bonds. The highest BCUT2D eigenvalue weighted by atomic mass is 19.1. The van der Waals surface area contributed by atoms with Gasteiger partial charge in [0.25, 0.3) is 5.91 Å². The lowest BCUT2D eigenvalue weighted by atomic mass is 10.1. The minimum absolute atomic E-state index is 0.161. The minimum atomic E-state index is -0.304. The molecule has 1 N–H and O–H groups in total. The zero-order valence-corrected chi connectivity index (χ0v) is 14.5. The highest BCUT2D eigenvalue weighted by Gasteiger charge is 2.19. The number of aryl methyl sites for hydroxylation is 2. The molecular formula is C20H20FN3O. The molecule has 0 fully saturated rings. The lowest BCUT2D eigenvalue weighted by Crippen LogP contribution is -2.24. The summed E-state index contributed by atoms with van der Waals surface area (Å²) in [4.78, 5) is 12.6.